The van der Waals surface area contributed by atoms with Crippen LogP contribution in [0.4, 0.5) is 0 Å². The maximum Gasteiger partial charge on any atom is 0.0844 e. The van der Waals surface area contributed by atoms with E-state index in [1.807, 2.05) is 17.5 Å². The first kappa shape index (κ1) is 13.3. The third-order valence-electron chi connectivity index (χ3n) is 3.06. The molecule has 2 heterocycles. The lowest BCUT2D eigenvalue weighted by Crippen LogP contribution is -2.25. The molecule has 0 aliphatic heterocycles. The second-order valence-corrected chi connectivity index (χ2v) is 5.70. The Balaban J connectivity index is 2.42. The highest BCUT2D eigenvalue weighted by atomic mass is 32.1. The molecular formula is C14H21N3S. The molecule has 0 fully saturated rings. The molecule has 0 bridgehead atoms. The van der Waals surface area contributed by atoms with Crippen LogP contribution < -0.4 is 5.32 Å². The number of hydrogen-bond donors (Lipinski definition) is 1. The van der Waals surface area contributed by atoms with E-state index >= 15 is 0 Å². The zero-order valence-corrected chi connectivity index (χ0v) is 12.3. The summed E-state index contributed by atoms with van der Waals surface area (Å²) in [4.78, 5) is 1.39. The predicted molar refractivity (Wildman–Crippen MR) is 77.2 cm³/mol. The standard InChI is InChI=1S/C14H21N3S/c1-5-15-13(14-11(4)7-9-18-14)12-6-8-16-17(12)10(2)3/h6-10,13,15H,5H2,1-4H3. The van der Waals surface area contributed by atoms with E-state index in [1.54, 1.807) is 0 Å². The molecule has 0 aliphatic carbocycles. The van der Waals surface area contributed by atoms with Crippen molar-refractivity contribution in [2.75, 3.05) is 6.54 Å². The van der Waals surface area contributed by atoms with Gasteiger partial charge in [-0.2, -0.15) is 5.10 Å². The number of nitrogens with zero attached hydrogens (tertiary/aromatic N) is 2. The highest BCUT2D eigenvalue weighted by Gasteiger charge is 2.21. The van der Waals surface area contributed by atoms with E-state index in [4.69, 9.17) is 0 Å². The zero-order chi connectivity index (χ0) is 13.1. The van der Waals surface area contributed by atoms with Gasteiger partial charge in [-0.15, -0.1) is 11.3 Å². The summed E-state index contributed by atoms with van der Waals surface area (Å²) in [5, 5.41) is 10.2. The topological polar surface area (TPSA) is 29.9 Å². The number of rotatable bonds is 5. The fraction of sp³-hybridized carbons (Fsp3) is 0.500. The monoisotopic (exact) mass is 263 g/mol. The Hall–Kier alpha value is -1.13. The first-order chi connectivity index (χ1) is 8.65. The second kappa shape index (κ2) is 5.67. The van der Waals surface area contributed by atoms with E-state index < -0.39 is 0 Å². The molecule has 98 valence electrons. The Kier molecular flexibility index (Phi) is 4.19. The van der Waals surface area contributed by atoms with Gasteiger partial charge in [0.15, 0.2) is 0 Å². The zero-order valence-electron chi connectivity index (χ0n) is 11.5. The average molecular weight is 263 g/mol. The van der Waals surface area contributed by atoms with E-state index in [-0.39, 0.29) is 6.04 Å². The Labute approximate surface area is 113 Å². The molecule has 0 aromatic carbocycles. The fourth-order valence-corrected chi connectivity index (χ4v) is 3.21. The van der Waals surface area contributed by atoms with Crippen LogP contribution in [-0.4, -0.2) is 16.3 Å². The number of aromatic nitrogens is 2. The molecule has 2 aromatic heterocycles. The molecule has 0 spiro atoms. The smallest absolute Gasteiger partial charge is 0.0844 e. The van der Waals surface area contributed by atoms with Gasteiger partial charge in [0.2, 0.25) is 0 Å². The molecule has 3 nitrogen and oxygen atoms in total. The molecule has 2 rings (SSSR count). The van der Waals surface area contributed by atoms with Crippen LogP contribution in [0, 0.1) is 6.92 Å². The van der Waals surface area contributed by atoms with Gasteiger partial charge in [-0.25, -0.2) is 0 Å². The molecular weight excluding hydrogens is 242 g/mol. The summed E-state index contributed by atoms with van der Waals surface area (Å²) in [7, 11) is 0. The highest BCUT2D eigenvalue weighted by Crippen LogP contribution is 2.30. The van der Waals surface area contributed by atoms with E-state index in [0.717, 1.165) is 6.54 Å². The number of hydrogen-bond acceptors (Lipinski definition) is 3. The van der Waals surface area contributed by atoms with Crippen LogP contribution in [0.2, 0.25) is 0 Å². The SMILES string of the molecule is CCNC(c1sccc1C)c1ccnn1C(C)C. The molecule has 0 aliphatic rings. The van der Waals surface area contributed by atoms with Gasteiger partial charge in [0.25, 0.3) is 0 Å². The minimum atomic E-state index is 0.250. The van der Waals surface area contributed by atoms with Gasteiger partial charge in [-0.1, -0.05) is 6.92 Å². The molecule has 1 N–H and O–H groups in total. The minimum Gasteiger partial charge on any atom is -0.305 e. The summed E-state index contributed by atoms with van der Waals surface area (Å²) < 4.78 is 2.10. The van der Waals surface area contributed by atoms with Crippen LogP contribution in [0.5, 0.6) is 0 Å². The molecule has 0 saturated carbocycles. The molecule has 1 unspecified atom stereocenters. The van der Waals surface area contributed by atoms with Crippen molar-refractivity contribution in [3.05, 3.63) is 39.8 Å². The van der Waals surface area contributed by atoms with Crippen molar-refractivity contribution < 1.29 is 0 Å². The van der Waals surface area contributed by atoms with Crippen LogP contribution in [-0.2, 0) is 0 Å². The lowest BCUT2D eigenvalue weighted by molar-refractivity contribution is 0.478. The van der Waals surface area contributed by atoms with Crippen molar-refractivity contribution in [3.8, 4) is 0 Å². The number of thiophene rings is 1. The normalized spacial score (nSPS) is 13.2. The summed E-state index contributed by atoms with van der Waals surface area (Å²) in [6.07, 6.45) is 1.89. The van der Waals surface area contributed by atoms with Gasteiger partial charge in [0, 0.05) is 17.1 Å². The summed E-state index contributed by atoms with van der Waals surface area (Å²) >= 11 is 1.81. The van der Waals surface area contributed by atoms with E-state index in [0.29, 0.717) is 6.04 Å². The van der Waals surface area contributed by atoms with Gasteiger partial charge in [-0.05, 0) is 50.4 Å². The van der Waals surface area contributed by atoms with Crippen LogP contribution >= 0.6 is 11.3 Å². The fourth-order valence-electron chi connectivity index (χ4n) is 2.20. The quantitative estimate of drug-likeness (QED) is 0.894. The molecule has 1 atom stereocenters. The van der Waals surface area contributed by atoms with Crippen LogP contribution in [0.25, 0.3) is 0 Å². The number of nitrogens with one attached hydrogen (secondary N) is 1. The molecule has 18 heavy (non-hydrogen) atoms. The Bertz CT molecular complexity index is 499. The largest absolute Gasteiger partial charge is 0.305 e. The molecule has 0 saturated heterocycles. The Morgan fingerprint density at radius 1 is 1.39 bits per heavy atom. The van der Waals surface area contributed by atoms with Crippen molar-refractivity contribution in [2.45, 2.75) is 39.8 Å². The Morgan fingerprint density at radius 3 is 2.72 bits per heavy atom. The van der Waals surface area contributed by atoms with Crippen molar-refractivity contribution >= 4 is 11.3 Å². The van der Waals surface area contributed by atoms with Gasteiger partial charge >= 0.3 is 0 Å². The lowest BCUT2D eigenvalue weighted by atomic mass is 10.1. The summed E-state index contributed by atoms with van der Waals surface area (Å²) in [5.74, 6) is 0. The van der Waals surface area contributed by atoms with Gasteiger partial charge in [-0.3, -0.25) is 4.68 Å². The molecule has 4 heteroatoms. The van der Waals surface area contributed by atoms with Gasteiger partial charge < -0.3 is 5.32 Å². The van der Waals surface area contributed by atoms with Crippen molar-refractivity contribution in [3.63, 3.8) is 0 Å². The maximum atomic E-state index is 4.44. The maximum absolute atomic E-state index is 4.44. The van der Waals surface area contributed by atoms with Crippen LogP contribution in [0.15, 0.2) is 23.7 Å². The Morgan fingerprint density at radius 2 is 2.17 bits per heavy atom. The van der Waals surface area contributed by atoms with E-state index in [1.165, 1.54) is 16.1 Å². The van der Waals surface area contributed by atoms with Gasteiger partial charge in [0.1, 0.15) is 0 Å². The summed E-state index contributed by atoms with van der Waals surface area (Å²) in [6, 6.07) is 4.93. The molecule has 0 radical (unpaired) electrons. The summed E-state index contributed by atoms with van der Waals surface area (Å²) in [6.45, 7) is 9.60. The number of aryl methyl sites for hydroxylation is 1. The van der Waals surface area contributed by atoms with Crippen molar-refractivity contribution in [1.29, 1.82) is 0 Å². The average Bonchev–Trinajstić information content (AvgIpc) is 2.94. The minimum absolute atomic E-state index is 0.250. The van der Waals surface area contributed by atoms with Gasteiger partial charge in [0.05, 0.1) is 11.7 Å². The predicted octanol–water partition coefficient (Wildman–Crippen LogP) is 3.53. The van der Waals surface area contributed by atoms with Crippen LogP contribution in [0.3, 0.4) is 0 Å². The second-order valence-electron chi connectivity index (χ2n) is 4.75. The summed E-state index contributed by atoms with van der Waals surface area (Å²) in [5.41, 5.74) is 2.60. The van der Waals surface area contributed by atoms with Crippen molar-refractivity contribution in [2.24, 2.45) is 0 Å². The first-order valence-corrected chi connectivity index (χ1v) is 7.33. The third kappa shape index (κ3) is 2.49. The first-order valence-electron chi connectivity index (χ1n) is 6.46. The molecule has 2 aromatic rings. The van der Waals surface area contributed by atoms with Crippen LogP contribution in [0.1, 0.15) is 49.0 Å². The van der Waals surface area contributed by atoms with E-state index in [9.17, 15) is 0 Å². The van der Waals surface area contributed by atoms with Crippen molar-refractivity contribution in [1.82, 2.24) is 15.1 Å². The lowest BCUT2D eigenvalue weighted by Gasteiger charge is -2.21. The highest BCUT2D eigenvalue weighted by molar-refractivity contribution is 7.10. The van der Waals surface area contributed by atoms with E-state index in [2.05, 4.69) is 60.3 Å². The third-order valence-corrected chi connectivity index (χ3v) is 4.14. The molecule has 0 amide bonds.